The van der Waals surface area contributed by atoms with Crippen molar-refractivity contribution in [2.24, 2.45) is 5.73 Å². The van der Waals surface area contributed by atoms with E-state index in [0.717, 1.165) is 9.87 Å². The van der Waals surface area contributed by atoms with Gasteiger partial charge in [-0.25, -0.2) is 8.42 Å². The van der Waals surface area contributed by atoms with Crippen LogP contribution >= 0.6 is 0 Å². The molecule has 1 atom stereocenters. The molecule has 1 aliphatic rings. The van der Waals surface area contributed by atoms with E-state index in [9.17, 15) is 18.0 Å². The zero-order chi connectivity index (χ0) is 15.6. The van der Waals surface area contributed by atoms with Gasteiger partial charge in [0.2, 0.25) is 21.8 Å². The van der Waals surface area contributed by atoms with Crippen molar-refractivity contribution in [2.45, 2.75) is 25.3 Å². The van der Waals surface area contributed by atoms with Crippen LogP contribution in [0.5, 0.6) is 0 Å². The van der Waals surface area contributed by atoms with E-state index >= 15 is 0 Å². The van der Waals surface area contributed by atoms with Gasteiger partial charge in [-0.2, -0.15) is 4.31 Å². The first-order chi connectivity index (χ1) is 9.85. The van der Waals surface area contributed by atoms with E-state index in [1.165, 1.54) is 6.92 Å². The van der Waals surface area contributed by atoms with Crippen LogP contribution in [-0.2, 0) is 31.9 Å². The number of carbonyl (C=O) groups is 2. The van der Waals surface area contributed by atoms with Crippen LogP contribution in [0.2, 0.25) is 0 Å². The average Bonchev–Trinajstić information content (AvgIpc) is 2.43. The lowest BCUT2D eigenvalue weighted by atomic mass is 10.1. The molecule has 1 heterocycles. The third-order valence-corrected chi connectivity index (χ3v) is 5.24. The maximum atomic E-state index is 12.5. The van der Waals surface area contributed by atoms with Gasteiger partial charge in [0, 0.05) is 6.54 Å². The highest BCUT2D eigenvalue weighted by molar-refractivity contribution is 7.88. The molecule has 21 heavy (non-hydrogen) atoms. The van der Waals surface area contributed by atoms with Crippen LogP contribution in [0.15, 0.2) is 24.3 Å². The molecule has 0 bridgehead atoms. The van der Waals surface area contributed by atoms with Gasteiger partial charge in [0.25, 0.3) is 0 Å². The highest BCUT2D eigenvalue weighted by Crippen LogP contribution is 2.18. The van der Waals surface area contributed by atoms with Gasteiger partial charge in [-0.1, -0.05) is 24.3 Å². The maximum absolute atomic E-state index is 12.5. The first-order valence-electron chi connectivity index (χ1n) is 6.45. The van der Waals surface area contributed by atoms with Gasteiger partial charge in [-0.05, 0) is 18.1 Å². The van der Waals surface area contributed by atoms with Crippen molar-refractivity contribution in [1.29, 1.82) is 0 Å². The number of carbonyl (C=O) groups excluding carboxylic acids is 2. The van der Waals surface area contributed by atoms with Gasteiger partial charge in [0.1, 0.15) is 6.04 Å². The Bertz CT molecular complexity index is 672. The quantitative estimate of drug-likeness (QED) is 0.716. The normalized spacial score (nSPS) is 20.4. The second-order valence-electron chi connectivity index (χ2n) is 4.86. The van der Waals surface area contributed by atoms with Crippen LogP contribution in [0.1, 0.15) is 18.1 Å². The zero-order valence-electron chi connectivity index (χ0n) is 11.6. The molecule has 1 aromatic carbocycles. The average molecular weight is 311 g/mol. The van der Waals surface area contributed by atoms with Gasteiger partial charge in [-0.15, -0.1) is 0 Å². The summed E-state index contributed by atoms with van der Waals surface area (Å²) >= 11 is 0. The molecule has 2 amide bonds. The van der Waals surface area contributed by atoms with Crippen LogP contribution in [-0.4, -0.2) is 37.1 Å². The molecular formula is C13H17N3O4S. The summed E-state index contributed by atoms with van der Waals surface area (Å²) in [7, 11) is -3.79. The first kappa shape index (κ1) is 15.6. The monoisotopic (exact) mass is 311 g/mol. The number of imide groups is 1. The van der Waals surface area contributed by atoms with Crippen molar-refractivity contribution in [3.8, 4) is 0 Å². The predicted molar refractivity (Wildman–Crippen MR) is 76.3 cm³/mol. The number of sulfonamides is 1. The number of hydrogen-bond acceptors (Lipinski definition) is 5. The molecule has 1 aromatic rings. The molecule has 1 unspecified atom stereocenters. The molecule has 0 spiro atoms. The number of hydrogen-bond donors (Lipinski definition) is 2. The zero-order valence-corrected chi connectivity index (χ0v) is 12.4. The summed E-state index contributed by atoms with van der Waals surface area (Å²) in [6.07, 6.45) is 0. The Morgan fingerprint density at radius 1 is 1.29 bits per heavy atom. The molecule has 8 heteroatoms. The minimum absolute atomic E-state index is 0.223. The summed E-state index contributed by atoms with van der Waals surface area (Å²) in [5.41, 5.74) is 6.89. The second-order valence-corrected chi connectivity index (χ2v) is 6.78. The molecule has 0 saturated carbocycles. The molecule has 1 aliphatic heterocycles. The lowest BCUT2D eigenvalue weighted by Crippen LogP contribution is -2.58. The topological polar surface area (TPSA) is 110 Å². The van der Waals surface area contributed by atoms with E-state index in [-0.39, 0.29) is 18.8 Å². The molecular weight excluding hydrogens is 294 g/mol. The molecule has 114 valence electrons. The number of rotatable bonds is 4. The standard InChI is InChI=1S/C13H17N3O4S/c1-9-13(18)15-12(17)7-16(9)21(19,20)8-11-5-3-2-4-10(11)6-14/h2-5,9H,6-8,14H2,1H3,(H,15,17,18). The molecule has 3 N–H and O–H groups in total. The molecule has 1 fully saturated rings. The highest BCUT2D eigenvalue weighted by atomic mass is 32.2. The van der Waals surface area contributed by atoms with Crippen molar-refractivity contribution >= 4 is 21.8 Å². The first-order valence-corrected chi connectivity index (χ1v) is 8.06. The van der Waals surface area contributed by atoms with Gasteiger partial charge >= 0.3 is 0 Å². The molecule has 2 rings (SSSR count). The summed E-state index contributed by atoms with van der Waals surface area (Å²) < 4.78 is 25.9. The Morgan fingerprint density at radius 2 is 1.90 bits per heavy atom. The smallest absolute Gasteiger partial charge is 0.244 e. The van der Waals surface area contributed by atoms with Crippen LogP contribution in [0.3, 0.4) is 0 Å². The third-order valence-electron chi connectivity index (χ3n) is 3.41. The van der Waals surface area contributed by atoms with Crippen molar-refractivity contribution in [3.63, 3.8) is 0 Å². The minimum atomic E-state index is -3.79. The predicted octanol–water partition coefficient (Wildman–Crippen LogP) is -0.678. The van der Waals surface area contributed by atoms with Gasteiger partial charge < -0.3 is 5.73 Å². The molecule has 7 nitrogen and oxygen atoms in total. The van der Waals surface area contributed by atoms with Crippen LogP contribution in [0.25, 0.3) is 0 Å². The lowest BCUT2D eigenvalue weighted by Gasteiger charge is -2.30. The van der Waals surface area contributed by atoms with Gasteiger partial charge in [0.05, 0.1) is 12.3 Å². The molecule has 0 aromatic heterocycles. The molecule has 0 radical (unpaired) electrons. The number of benzene rings is 1. The summed E-state index contributed by atoms with van der Waals surface area (Å²) in [4.78, 5) is 23.0. The Balaban J connectivity index is 2.29. The third kappa shape index (κ3) is 3.29. The minimum Gasteiger partial charge on any atom is -0.326 e. The largest absolute Gasteiger partial charge is 0.326 e. The van der Waals surface area contributed by atoms with Crippen LogP contribution in [0, 0.1) is 0 Å². The fourth-order valence-electron chi connectivity index (χ4n) is 2.21. The second kappa shape index (κ2) is 5.92. The fourth-order valence-corrected chi connectivity index (χ4v) is 3.94. The van der Waals surface area contributed by atoms with Gasteiger partial charge in [0.15, 0.2) is 0 Å². The lowest BCUT2D eigenvalue weighted by molar-refractivity contribution is -0.136. The fraction of sp³-hybridized carbons (Fsp3) is 0.385. The molecule has 1 saturated heterocycles. The maximum Gasteiger partial charge on any atom is 0.244 e. The van der Waals surface area contributed by atoms with E-state index in [0.29, 0.717) is 5.56 Å². The number of nitrogens with two attached hydrogens (primary N) is 1. The number of amides is 2. The Labute approximate surface area is 123 Å². The SMILES string of the molecule is CC1C(=O)NC(=O)CN1S(=O)(=O)Cc1ccccc1CN. The van der Waals surface area contributed by atoms with Crippen molar-refractivity contribution < 1.29 is 18.0 Å². The van der Waals surface area contributed by atoms with Crippen molar-refractivity contribution in [3.05, 3.63) is 35.4 Å². The Hall–Kier alpha value is -1.77. The van der Waals surface area contributed by atoms with E-state index in [4.69, 9.17) is 5.73 Å². The summed E-state index contributed by atoms with van der Waals surface area (Å²) in [6, 6.07) is 6.02. The highest BCUT2D eigenvalue weighted by Gasteiger charge is 2.38. The number of piperazine rings is 1. The Kier molecular flexibility index (Phi) is 4.40. The van der Waals surface area contributed by atoms with Crippen LogP contribution < -0.4 is 11.1 Å². The summed E-state index contributed by atoms with van der Waals surface area (Å²) in [5.74, 6) is -1.51. The van der Waals surface area contributed by atoms with Crippen LogP contribution in [0.4, 0.5) is 0 Å². The van der Waals surface area contributed by atoms with Crippen molar-refractivity contribution in [1.82, 2.24) is 9.62 Å². The molecule has 0 aliphatic carbocycles. The van der Waals surface area contributed by atoms with E-state index < -0.39 is 27.9 Å². The van der Waals surface area contributed by atoms with E-state index in [1.54, 1.807) is 24.3 Å². The number of nitrogens with zero attached hydrogens (tertiary/aromatic N) is 1. The van der Waals surface area contributed by atoms with Crippen molar-refractivity contribution in [2.75, 3.05) is 6.54 Å². The number of nitrogens with one attached hydrogen (secondary N) is 1. The van der Waals surface area contributed by atoms with E-state index in [1.807, 2.05) is 0 Å². The van der Waals surface area contributed by atoms with Gasteiger partial charge in [-0.3, -0.25) is 14.9 Å². The summed E-state index contributed by atoms with van der Waals surface area (Å²) in [5, 5.41) is 2.11. The Morgan fingerprint density at radius 3 is 2.52 bits per heavy atom. The summed E-state index contributed by atoms with van der Waals surface area (Å²) in [6.45, 7) is 1.33. The van der Waals surface area contributed by atoms with E-state index in [2.05, 4.69) is 5.32 Å².